The second-order valence-electron chi connectivity index (χ2n) is 5.39. The molecule has 3 aromatic rings. The molecule has 25 heavy (non-hydrogen) atoms. The molecule has 128 valence electrons. The maximum absolute atomic E-state index is 13.1. The first-order valence-electron chi connectivity index (χ1n) is 7.56. The maximum atomic E-state index is 13.1. The minimum atomic E-state index is -0.318. The number of hydrogen-bond donors (Lipinski definition) is 2. The molecule has 0 unspecified atom stereocenters. The number of carbonyl (C=O) groups excluding carboxylic acids is 1. The normalized spacial score (nSPS) is 11.3. The lowest BCUT2D eigenvalue weighted by molar-refractivity contribution is -0.116. The molecule has 0 bridgehead atoms. The van der Waals surface area contributed by atoms with E-state index in [1.165, 1.54) is 18.2 Å². The number of H-pyrrole nitrogens is 1. The summed E-state index contributed by atoms with van der Waals surface area (Å²) in [6, 6.07) is 9.43. The van der Waals surface area contributed by atoms with E-state index in [2.05, 4.69) is 15.3 Å². The van der Waals surface area contributed by atoms with Crippen LogP contribution in [0.5, 0.6) is 0 Å². The molecule has 1 aromatic heterocycles. The fourth-order valence-corrected chi connectivity index (χ4v) is 2.79. The smallest absolute Gasteiger partial charge is 0.244 e. The number of fused-ring (bicyclic) bond motifs is 1. The predicted molar refractivity (Wildman–Crippen MR) is 98.3 cm³/mol. The summed E-state index contributed by atoms with van der Waals surface area (Å²) in [5.41, 5.74) is 2.04. The Bertz CT molecular complexity index is 953. The van der Waals surface area contributed by atoms with E-state index in [4.69, 9.17) is 23.2 Å². The Labute approximate surface area is 153 Å². The van der Waals surface area contributed by atoms with Crippen molar-refractivity contribution in [2.45, 2.75) is 6.42 Å². The molecule has 3 rings (SSSR count). The van der Waals surface area contributed by atoms with Crippen LogP contribution in [-0.2, 0) is 11.2 Å². The number of aromatic amines is 1. The van der Waals surface area contributed by atoms with Crippen LogP contribution >= 0.6 is 23.2 Å². The van der Waals surface area contributed by atoms with E-state index in [1.54, 1.807) is 30.3 Å². The molecule has 0 saturated heterocycles. The highest BCUT2D eigenvalue weighted by molar-refractivity contribution is 6.35. The van der Waals surface area contributed by atoms with E-state index in [0.29, 0.717) is 45.4 Å². The Morgan fingerprint density at radius 1 is 1.24 bits per heavy atom. The fourth-order valence-electron chi connectivity index (χ4n) is 2.32. The first kappa shape index (κ1) is 17.5. The van der Waals surface area contributed by atoms with Crippen LogP contribution in [0.2, 0.25) is 10.0 Å². The Morgan fingerprint density at radius 2 is 2.08 bits per heavy atom. The van der Waals surface area contributed by atoms with Crippen molar-refractivity contribution in [3.05, 3.63) is 69.7 Å². The summed E-state index contributed by atoms with van der Waals surface area (Å²) in [4.78, 5) is 19.2. The van der Waals surface area contributed by atoms with Gasteiger partial charge in [0.15, 0.2) is 0 Å². The maximum Gasteiger partial charge on any atom is 0.244 e. The van der Waals surface area contributed by atoms with E-state index in [-0.39, 0.29) is 11.7 Å². The van der Waals surface area contributed by atoms with Crippen molar-refractivity contribution in [3.8, 4) is 0 Å². The van der Waals surface area contributed by atoms with Gasteiger partial charge >= 0.3 is 0 Å². The highest BCUT2D eigenvalue weighted by Gasteiger charge is 2.04. The van der Waals surface area contributed by atoms with E-state index in [9.17, 15) is 9.18 Å². The zero-order chi connectivity index (χ0) is 17.8. The molecule has 7 heteroatoms. The summed E-state index contributed by atoms with van der Waals surface area (Å²) < 4.78 is 13.1. The minimum Gasteiger partial charge on any atom is -0.352 e. The summed E-state index contributed by atoms with van der Waals surface area (Å²) in [6.45, 7) is 0.403. The van der Waals surface area contributed by atoms with E-state index in [1.807, 2.05) is 0 Å². The molecule has 0 saturated carbocycles. The highest BCUT2D eigenvalue weighted by Crippen LogP contribution is 2.21. The first-order valence-corrected chi connectivity index (χ1v) is 8.32. The Morgan fingerprint density at radius 3 is 2.88 bits per heavy atom. The lowest BCUT2D eigenvalue weighted by atomic mass is 10.2. The third kappa shape index (κ3) is 4.59. The summed E-state index contributed by atoms with van der Waals surface area (Å²) in [7, 11) is 0. The fraction of sp³-hybridized carbons (Fsp3) is 0.111. The molecule has 4 nitrogen and oxygen atoms in total. The molecule has 2 N–H and O–H groups in total. The summed E-state index contributed by atoms with van der Waals surface area (Å²) in [5.74, 6) is 0.126. The van der Waals surface area contributed by atoms with E-state index < -0.39 is 0 Å². The number of aromatic nitrogens is 2. The Kier molecular flexibility index (Phi) is 5.36. The molecule has 1 heterocycles. The summed E-state index contributed by atoms with van der Waals surface area (Å²) in [5, 5.41) is 3.78. The van der Waals surface area contributed by atoms with Crippen molar-refractivity contribution in [2.24, 2.45) is 0 Å². The number of benzene rings is 2. The van der Waals surface area contributed by atoms with E-state index >= 15 is 0 Å². The standard InChI is InChI=1S/C18H14Cl2FN3O/c19-12-3-1-11(14(20)9-12)2-6-18(25)22-8-7-17-23-15-5-4-13(21)10-16(15)24-17/h1-6,9-10H,7-8H2,(H,22,25)(H,23,24)/b6-2+. The van der Waals surface area contributed by atoms with Gasteiger partial charge in [-0.05, 0) is 42.0 Å². The largest absolute Gasteiger partial charge is 0.352 e. The van der Waals surface area contributed by atoms with Gasteiger partial charge in [-0.1, -0.05) is 29.3 Å². The number of hydrogen-bond acceptors (Lipinski definition) is 2. The average molecular weight is 378 g/mol. The number of rotatable bonds is 5. The van der Waals surface area contributed by atoms with Crippen LogP contribution in [0.25, 0.3) is 17.1 Å². The lowest BCUT2D eigenvalue weighted by Crippen LogP contribution is -2.23. The molecule has 0 radical (unpaired) electrons. The zero-order valence-electron chi connectivity index (χ0n) is 13.0. The molecule has 0 aliphatic rings. The molecule has 0 atom stereocenters. The lowest BCUT2D eigenvalue weighted by Gasteiger charge is -2.01. The number of nitrogens with one attached hydrogen (secondary N) is 2. The van der Waals surface area contributed by atoms with Crippen molar-refractivity contribution in [3.63, 3.8) is 0 Å². The Balaban J connectivity index is 1.54. The van der Waals surface area contributed by atoms with Gasteiger partial charge in [-0.3, -0.25) is 4.79 Å². The van der Waals surface area contributed by atoms with Gasteiger partial charge in [0.2, 0.25) is 5.91 Å². The Hall–Kier alpha value is -2.37. The number of imidazole rings is 1. The SMILES string of the molecule is O=C(/C=C/c1ccc(Cl)cc1Cl)NCCc1nc2ccc(F)cc2[nH]1. The zero-order valence-corrected chi connectivity index (χ0v) is 14.5. The van der Waals surface area contributed by atoms with Crippen molar-refractivity contribution in [1.29, 1.82) is 0 Å². The van der Waals surface area contributed by atoms with Gasteiger partial charge < -0.3 is 10.3 Å². The topological polar surface area (TPSA) is 57.8 Å². The second kappa shape index (κ2) is 7.68. The molecule has 0 spiro atoms. The van der Waals surface area contributed by atoms with Crippen LogP contribution in [0.1, 0.15) is 11.4 Å². The quantitative estimate of drug-likeness (QED) is 0.648. The predicted octanol–water partition coefficient (Wildman–Crippen LogP) is 4.38. The van der Waals surface area contributed by atoms with Crippen LogP contribution in [0.4, 0.5) is 4.39 Å². The van der Waals surface area contributed by atoms with E-state index in [0.717, 1.165) is 0 Å². The van der Waals surface area contributed by atoms with Gasteiger partial charge in [0, 0.05) is 29.1 Å². The number of nitrogens with zero attached hydrogens (tertiary/aromatic N) is 1. The molecule has 0 fully saturated rings. The van der Waals surface area contributed by atoms with Gasteiger partial charge in [-0.2, -0.15) is 0 Å². The molecule has 2 aromatic carbocycles. The van der Waals surface area contributed by atoms with Gasteiger partial charge in [0.1, 0.15) is 11.6 Å². The number of halogens is 3. The first-order chi connectivity index (χ1) is 12.0. The molecule has 0 aliphatic carbocycles. The van der Waals surface area contributed by atoms with Crippen LogP contribution in [0.15, 0.2) is 42.5 Å². The van der Waals surface area contributed by atoms with Crippen molar-refractivity contribution < 1.29 is 9.18 Å². The molecule has 1 amide bonds. The summed E-state index contributed by atoms with van der Waals surface area (Å²) >= 11 is 11.9. The van der Waals surface area contributed by atoms with Crippen LogP contribution < -0.4 is 5.32 Å². The summed E-state index contributed by atoms with van der Waals surface area (Å²) in [6.07, 6.45) is 3.54. The molecular weight excluding hydrogens is 364 g/mol. The van der Waals surface area contributed by atoms with Crippen molar-refractivity contribution in [1.82, 2.24) is 15.3 Å². The monoisotopic (exact) mass is 377 g/mol. The number of amides is 1. The van der Waals surface area contributed by atoms with Gasteiger partial charge in [-0.25, -0.2) is 9.37 Å². The third-order valence-electron chi connectivity index (χ3n) is 3.53. The van der Waals surface area contributed by atoms with Gasteiger partial charge in [0.25, 0.3) is 0 Å². The number of carbonyl (C=O) groups is 1. The van der Waals surface area contributed by atoms with Gasteiger partial charge in [0.05, 0.1) is 11.0 Å². The molecular formula is C18H14Cl2FN3O. The third-order valence-corrected chi connectivity index (χ3v) is 4.09. The second-order valence-corrected chi connectivity index (χ2v) is 6.23. The van der Waals surface area contributed by atoms with Crippen LogP contribution in [0, 0.1) is 5.82 Å². The van der Waals surface area contributed by atoms with Crippen LogP contribution in [-0.4, -0.2) is 22.4 Å². The van der Waals surface area contributed by atoms with Gasteiger partial charge in [-0.15, -0.1) is 0 Å². The van der Waals surface area contributed by atoms with Crippen molar-refractivity contribution in [2.75, 3.05) is 6.54 Å². The minimum absolute atomic E-state index is 0.242. The van der Waals surface area contributed by atoms with Crippen LogP contribution in [0.3, 0.4) is 0 Å². The van der Waals surface area contributed by atoms with Crippen molar-refractivity contribution >= 4 is 46.2 Å². The highest BCUT2D eigenvalue weighted by atomic mass is 35.5. The molecule has 0 aliphatic heterocycles. The average Bonchev–Trinajstić information content (AvgIpc) is 2.95.